The van der Waals surface area contributed by atoms with Crippen LogP contribution in [0.3, 0.4) is 0 Å². The van der Waals surface area contributed by atoms with E-state index >= 15 is 0 Å². The van der Waals surface area contributed by atoms with E-state index < -0.39 is 0 Å². The van der Waals surface area contributed by atoms with Crippen LogP contribution in [0.5, 0.6) is 0 Å². The topological polar surface area (TPSA) is 77.6 Å². The number of para-hydroxylation sites is 1. The van der Waals surface area contributed by atoms with E-state index in [4.69, 9.17) is 4.74 Å². The Morgan fingerprint density at radius 2 is 1.64 bits per heavy atom. The van der Waals surface area contributed by atoms with Gasteiger partial charge >= 0.3 is 0 Å². The van der Waals surface area contributed by atoms with Crippen molar-refractivity contribution in [2.24, 2.45) is 0 Å². The number of nitrogens with zero attached hydrogens (tertiary/aromatic N) is 1. The van der Waals surface area contributed by atoms with E-state index in [0.717, 1.165) is 50.9 Å². The van der Waals surface area contributed by atoms with Gasteiger partial charge in [-0.1, -0.05) is 54.6 Å². The van der Waals surface area contributed by atoms with Crippen LogP contribution in [0.2, 0.25) is 0 Å². The Morgan fingerprint density at radius 1 is 0.897 bits per heavy atom. The average Bonchev–Trinajstić information content (AvgIpc) is 3.37. The minimum absolute atomic E-state index is 0.0147. The number of ether oxygens (including phenoxy) is 1. The maximum Gasteiger partial charge on any atom is 0.246 e. The Labute approximate surface area is 229 Å². The number of aliphatic hydroxyl groups excluding tert-OH is 1. The molecule has 0 saturated carbocycles. The number of amides is 1. The number of aromatic amines is 1. The third kappa shape index (κ3) is 9.32. The van der Waals surface area contributed by atoms with Crippen LogP contribution in [0.1, 0.15) is 35.1 Å². The van der Waals surface area contributed by atoms with E-state index in [0.29, 0.717) is 6.54 Å². The normalized spacial score (nSPS) is 11.4. The summed E-state index contributed by atoms with van der Waals surface area (Å²) in [6.07, 6.45) is 5.54. The number of fused-ring (bicyclic) bond motifs is 1. The zero-order chi connectivity index (χ0) is 27.3. The molecule has 7 heteroatoms. The zero-order valence-corrected chi connectivity index (χ0v) is 22.4. The van der Waals surface area contributed by atoms with Crippen molar-refractivity contribution in [2.75, 3.05) is 32.8 Å². The Morgan fingerprint density at radius 3 is 2.44 bits per heavy atom. The third-order valence-corrected chi connectivity index (χ3v) is 6.81. The molecule has 6 nitrogen and oxygen atoms in total. The van der Waals surface area contributed by atoms with Crippen molar-refractivity contribution >= 4 is 16.8 Å². The van der Waals surface area contributed by atoms with Crippen LogP contribution in [0.4, 0.5) is 4.39 Å². The lowest BCUT2D eigenvalue weighted by molar-refractivity contribution is -0.126. The average molecular weight is 532 g/mol. The second kappa shape index (κ2) is 15.2. The van der Waals surface area contributed by atoms with Gasteiger partial charge < -0.3 is 20.1 Å². The van der Waals surface area contributed by atoms with Crippen molar-refractivity contribution < 1.29 is 19.0 Å². The van der Waals surface area contributed by atoms with Gasteiger partial charge in [-0.25, -0.2) is 4.39 Å². The SMILES string of the molecule is O=C(COCc1ccc(F)cc1)NCCCc1ccc(CN(CCCO)CCc2c[nH]c3ccccc23)cc1. The molecule has 0 aliphatic rings. The number of H-pyrrole nitrogens is 1. The highest BCUT2D eigenvalue weighted by Gasteiger charge is 2.09. The van der Waals surface area contributed by atoms with Gasteiger partial charge in [0, 0.05) is 49.9 Å². The molecule has 1 aromatic heterocycles. The number of hydrogen-bond acceptors (Lipinski definition) is 4. The molecule has 0 spiro atoms. The summed E-state index contributed by atoms with van der Waals surface area (Å²) >= 11 is 0. The van der Waals surface area contributed by atoms with Crippen LogP contribution < -0.4 is 5.32 Å². The fraction of sp³-hybridized carbons (Fsp3) is 0.344. The van der Waals surface area contributed by atoms with E-state index in [1.807, 2.05) is 6.07 Å². The van der Waals surface area contributed by atoms with Crippen LogP contribution in [0, 0.1) is 5.82 Å². The number of carbonyl (C=O) groups excluding carboxylic acids is 1. The van der Waals surface area contributed by atoms with Crippen molar-refractivity contribution in [1.82, 2.24) is 15.2 Å². The van der Waals surface area contributed by atoms with Gasteiger partial charge in [0.2, 0.25) is 5.91 Å². The maximum atomic E-state index is 12.9. The Balaban J connectivity index is 1.16. The number of benzene rings is 3. The van der Waals surface area contributed by atoms with Crippen molar-refractivity contribution in [2.45, 2.75) is 38.8 Å². The molecule has 0 saturated heterocycles. The number of aryl methyl sites for hydroxylation is 1. The molecular formula is C32H38FN3O3. The van der Waals surface area contributed by atoms with Crippen molar-refractivity contribution in [3.63, 3.8) is 0 Å². The molecule has 0 bridgehead atoms. The molecule has 4 rings (SSSR count). The van der Waals surface area contributed by atoms with Gasteiger partial charge in [-0.2, -0.15) is 0 Å². The van der Waals surface area contributed by atoms with Gasteiger partial charge in [0.15, 0.2) is 0 Å². The molecule has 4 aromatic rings. The third-order valence-electron chi connectivity index (χ3n) is 6.81. The smallest absolute Gasteiger partial charge is 0.246 e. The molecule has 3 aromatic carbocycles. The van der Waals surface area contributed by atoms with Crippen molar-refractivity contribution in [3.8, 4) is 0 Å². The molecular weight excluding hydrogens is 493 g/mol. The first-order valence-electron chi connectivity index (χ1n) is 13.7. The van der Waals surface area contributed by atoms with E-state index in [1.165, 1.54) is 39.7 Å². The highest BCUT2D eigenvalue weighted by Crippen LogP contribution is 2.19. The molecule has 0 radical (unpaired) electrons. The van der Waals surface area contributed by atoms with Crippen LogP contribution in [0.15, 0.2) is 79.0 Å². The Kier molecular flexibility index (Phi) is 11.1. The molecule has 0 atom stereocenters. The molecule has 206 valence electrons. The number of halogens is 1. The monoisotopic (exact) mass is 531 g/mol. The first-order valence-corrected chi connectivity index (χ1v) is 13.7. The quantitative estimate of drug-likeness (QED) is 0.178. The molecule has 0 aliphatic heterocycles. The lowest BCUT2D eigenvalue weighted by atomic mass is 10.1. The number of rotatable bonds is 16. The highest BCUT2D eigenvalue weighted by molar-refractivity contribution is 5.83. The number of carbonyl (C=O) groups is 1. The van der Waals surface area contributed by atoms with Crippen LogP contribution >= 0.6 is 0 Å². The second-order valence-electron chi connectivity index (χ2n) is 9.85. The summed E-state index contributed by atoms with van der Waals surface area (Å²) in [6, 6.07) is 23.1. The summed E-state index contributed by atoms with van der Waals surface area (Å²) in [5, 5.41) is 13.5. The highest BCUT2D eigenvalue weighted by atomic mass is 19.1. The summed E-state index contributed by atoms with van der Waals surface area (Å²) < 4.78 is 18.3. The van der Waals surface area contributed by atoms with E-state index in [1.54, 1.807) is 12.1 Å². The van der Waals surface area contributed by atoms with E-state index in [2.05, 4.69) is 63.9 Å². The van der Waals surface area contributed by atoms with Gasteiger partial charge in [0.25, 0.3) is 0 Å². The molecule has 3 N–H and O–H groups in total. The van der Waals surface area contributed by atoms with Crippen LogP contribution in [0.25, 0.3) is 10.9 Å². The molecule has 0 fully saturated rings. The van der Waals surface area contributed by atoms with Gasteiger partial charge in [0.05, 0.1) is 6.61 Å². The van der Waals surface area contributed by atoms with Gasteiger partial charge in [-0.15, -0.1) is 0 Å². The largest absolute Gasteiger partial charge is 0.396 e. The number of aliphatic hydroxyl groups is 1. The molecule has 0 aliphatic carbocycles. The summed E-state index contributed by atoms with van der Waals surface area (Å²) in [5.41, 5.74) is 5.81. The van der Waals surface area contributed by atoms with E-state index in [-0.39, 0.29) is 31.5 Å². The minimum Gasteiger partial charge on any atom is -0.396 e. The maximum absolute atomic E-state index is 12.9. The predicted molar refractivity (Wildman–Crippen MR) is 153 cm³/mol. The van der Waals surface area contributed by atoms with Crippen molar-refractivity contribution in [3.05, 3.63) is 107 Å². The van der Waals surface area contributed by atoms with E-state index in [9.17, 15) is 14.3 Å². The number of nitrogens with one attached hydrogen (secondary N) is 2. The lowest BCUT2D eigenvalue weighted by Gasteiger charge is -2.22. The predicted octanol–water partition coefficient (Wildman–Crippen LogP) is 5.00. The first-order chi connectivity index (χ1) is 19.1. The second-order valence-corrected chi connectivity index (χ2v) is 9.85. The van der Waals surface area contributed by atoms with Gasteiger partial charge in [-0.05, 0) is 66.1 Å². The summed E-state index contributed by atoms with van der Waals surface area (Å²) in [5.74, 6) is -0.438. The minimum atomic E-state index is -0.288. The lowest BCUT2D eigenvalue weighted by Crippen LogP contribution is -2.28. The first kappa shape index (κ1) is 28.5. The fourth-order valence-corrected chi connectivity index (χ4v) is 4.66. The number of hydrogen-bond donors (Lipinski definition) is 3. The summed E-state index contributed by atoms with van der Waals surface area (Å²) in [4.78, 5) is 17.8. The summed E-state index contributed by atoms with van der Waals surface area (Å²) in [6.45, 7) is 3.67. The van der Waals surface area contributed by atoms with Crippen LogP contribution in [-0.4, -0.2) is 53.7 Å². The molecule has 1 amide bonds. The summed E-state index contributed by atoms with van der Waals surface area (Å²) in [7, 11) is 0. The standard InChI is InChI=1S/C32H38FN3O3/c33-29-14-12-27(13-15-29)23-39-24-32(38)34-17-3-5-25-8-10-26(11-9-25)22-36(18-4-20-37)19-16-28-21-35-31-7-2-1-6-30(28)31/h1-2,6-15,21,35,37H,3-5,16-20,22-24H2,(H,34,38). The zero-order valence-electron chi connectivity index (χ0n) is 22.4. The molecule has 0 unspecified atom stereocenters. The molecule has 39 heavy (non-hydrogen) atoms. The molecule has 1 heterocycles. The Bertz CT molecular complexity index is 1290. The Hall–Kier alpha value is -3.52. The van der Waals surface area contributed by atoms with Gasteiger partial charge in [0.1, 0.15) is 12.4 Å². The van der Waals surface area contributed by atoms with Gasteiger partial charge in [-0.3, -0.25) is 9.69 Å². The fourth-order valence-electron chi connectivity index (χ4n) is 4.66. The van der Waals surface area contributed by atoms with Crippen LogP contribution in [-0.2, 0) is 35.5 Å². The number of aromatic nitrogens is 1. The van der Waals surface area contributed by atoms with Crippen molar-refractivity contribution in [1.29, 1.82) is 0 Å².